The number of benzene rings is 3. The van der Waals surface area contributed by atoms with Crippen LogP contribution in [0.4, 0.5) is 5.69 Å². The van der Waals surface area contributed by atoms with Crippen LogP contribution < -0.4 is 5.32 Å². The molecule has 1 saturated heterocycles. The van der Waals surface area contributed by atoms with E-state index >= 15 is 0 Å². The first-order valence-corrected chi connectivity index (χ1v) is 14.1. The van der Waals surface area contributed by atoms with Crippen molar-refractivity contribution < 1.29 is 9.90 Å². The Bertz CT molecular complexity index is 1160. The number of hydrogen-bond donors (Lipinski definition) is 2. The summed E-state index contributed by atoms with van der Waals surface area (Å²) in [6, 6.07) is 29.6. The molecule has 1 saturated carbocycles. The summed E-state index contributed by atoms with van der Waals surface area (Å²) in [7, 11) is 1.95. The van der Waals surface area contributed by atoms with Gasteiger partial charge in [0.2, 0.25) is 0 Å². The second-order valence-corrected chi connectivity index (χ2v) is 10.3. The number of aliphatic hydroxyl groups is 1. The molecular weight excluding hydrogens is 468 g/mol. The lowest BCUT2D eigenvalue weighted by Crippen LogP contribution is -2.34. The molecule has 0 aromatic heterocycles. The fraction of sp³-hybridized carbons (Fsp3) is 0.382. The minimum absolute atomic E-state index is 0.195. The molecule has 1 aliphatic heterocycles. The average Bonchev–Trinajstić information content (AvgIpc) is 3.83. The van der Waals surface area contributed by atoms with Gasteiger partial charge >= 0.3 is 0 Å². The second kappa shape index (κ2) is 14.1. The van der Waals surface area contributed by atoms with Gasteiger partial charge in [0, 0.05) is 25.4 Å². The number of rotatable bonds is 9. The van der Waals surface area contributed by atoms with E-state index in [2.05, 4.69) is 89.1 Å². The number of nitrogens with one attached hydrogen (secondary N) is 1. The highest BCUT2D eigenvalue weighted by molar-refractivity contribution is 5.98. The topological polar surface area (TPSA) is 52.6 Å². The highest BCUT2D eigenvalue weighted by Gasteiger charge is 2.32. The molecule has 5 rings (SSSR count). The molecule has 4 nitrogen and oxygen atoms in total. The molecule has 0 amide bonds. The summed E-state index contributed by atoms with van der Waals surface area (Å²) in [5, 5.41) is 12.9. The Morgan fingerprint density at radius 1 is 0.868 bits per heavy atom. The maximum Gasteiger partial charge on any atom is 0.116 e. The van der Waals surface area contributed by atoms with Crippen molar-refractivity contribution in [1.82, 2.24) is 4.90 Å². The molecule has 2 N–H and O–H groups in total. The third-order valence-corrected chi connectivity index (χ3v) is 7.73. The van der Waals surface area contributed by atoms with Gasteiger partial charge in [0.15, 0.2) is 0 Å². The molecule has 0 spiro atoms. The molecule has 38 heavy (non-hydrogen) atoms. The average molecular weight is 511 g/mol. The van der Waals surface area contributed by atoms with E-state index in [4.69, 9.17) is 4.79 Å². The highest BCUT2D eigenvalue weighted by Crippen LogP contribution is 2.38. The number of carbonyl (C=O) groups is 1. The van der Waals surface area contributed by atoms with Crippen molar-refractivity contribution in [1.29, 1.82) is 0 Å². The predicted molar refractivity (Wildman–Crippen MR) is 159 cm³/mol. The summed E-state index contributed by atoms with van der Waals surface area (Å²) in [6.07, 6.45) is 7.70. The molecule has 3 aromatic rings. The number of aldehydes is 1. The molecule has 2 aliphatic rings. The molecule has 0 bridgehead atoms. The van der Waals surface area contributed by atoms with E-state index in [9.17, 15) is 5.11 Å². The zero-order valence-corrected chi connectivity index (χ0v) is 22.9. The van der Waals surface area contributed by atoms with Crippen LogP contribution in [-0.4, -0.2) is 49.1 Å². The molecule has 3 aromatic carbocycles. The summed E-state index contributed by atoms with van der Waals surface area (Å²) in [5.74, 6) is 0.671. The number of anilines is 1. The van der Waals surface area contributed by atoms with Crippen molar-refractivity contribution in [3.63, 3.8) is 0 Å². The predicted octanol–water partition coefficient (Wildman–Crippen LogP) is 7.01. The van der Waals surface area contributed by atoms with Gasteiger partial charge in [0.05, 0.1) is 0 Å². The van der Waals surface area contributed by atoms with Crippen LogP contribution in [-0.2, 0) is 4.79 Å². The summed E-state index contributed by atoms with van der Waals surface area (Å²) in [4.78, 5) is 11.5. The molecule has 0 atom stereocenters. The number of nitrogens with zero attached hydrogens (tertiary/aromatic N) is 1. The maximum absolute atomic E-state index is 9.66. The van der Waals surface area contributed by atoms with Gasteiger partial charge in [-0.3, -0.25) is 0 Å². The molecule has 2 fully saturated rings. The van der Waals surface area contributed by atoms with Crippen LogP contribution in [0, 0.1) is 0 Å². The first-order valence-electron chi connectivity index (χ1n) is 14.1. The fourth-order valence-corrected chi connectivity index (χ4v) is 5.59. The van der Waals surface area contributed by atoms with Gasteiger partial charge in [-0.25, -0.2) is 0 Å². The van der Waals surface area contributed by atoms with Gasteiger partial charge in [-0.2, -0.15) is 0 Å². The summed E-state index contributed by atoms with van der Waals surface area (Å²) in [5.41, 5.74) is 8.84. The lowest BCUT2D eigenvalue weighted by Gasteiger charge is -2.32. The van der Waals surface area contributed by atoms with Crippen molar-refractivity contribution in [2.45, 2.75) is 57.4 Å². The third-order valence-electron chi connectivity index (χ3n) is 7.73. The van der Waals surface area contributed by atoms with Crippen LogP contribution in [0.2, 0.25) is 0 Å². The summed E-state index contributed by atoms with van der Waals surface area (Å²) < 4.78 is 0. The van der Waals surface area contributed by atoms with Crippen LogP contribution in [0.3, 0.4) is 0 Å². The Balaban J connectivity index is 0.00000107. The zero-order chi connectivity index (χ0) is 26.7. The number of likely N-dealkylation sites (tertiary alicyclic amines) is 1. The Kier molecular flexibility index (Phi) is 10.3. The number of allylic oxidation sites excluding steroid dienone is 1. The van der Waals surface area contributed by atoms with E-state index in [1.165, 1.54) is 79.1 Å². The van der Waals surface area contributed by atoms with E-state index < -0.39 is 0 Å². The first-order chi connectivity index (χ1) is 18.7. The van der Waals surface area contributed by atoms with Gasteiger partial charge in [-0.15, -0.1) is 0 Å². The molecule has 0 unspecified atom stereocenters. The third kappa shape index (κ3) is 7.21. The van der Waals surface area contributed by atoms with Crippen molar-refractivity contribution in [3.8, 4) is 0 Å². The maximum atomic E-state index is 9.66. The minimum Gasteiger partial charge on any atom is -0.396 e. The standard InChI is InChI=1S/C32H38N2O.C2H4O/c1-33-29-15-13-28(14-16-29)32(31(8-5-23-35)26-6-3-2-4-7-26)27-11-9-24(10-12-27)25-19-21-34(22-20-25)30-17-18-30;1-2-3/h2-4,6-7,9-16,25,30,33,35H,5,8,17-23H2,1H3;2H,1H3/b32-31+;. The lowest BCUT2D eigenvalue weighted by molar-refractivity contribution is -0.106. The van der Waals surface area contributed by atoms with Gasteiger partial charge in [0.25, 0.3) is 0 Å². The molecular formula is C34H42N2O2. The van der Waals surface area contributed by atoms with Crippen LogP contribution in [0.25, 0.3) is 11.1 Å². The van der Waals surface area contributed by atoms with Crippen molar-refractivity contribution in [2.24, 2.45) is 0 Å². The Labute approximate surface area is 228 Å². The van der Waals surface area contributed by atoms with Crippen molar-refractivity contribution in [2.75, 3.05) is 32.1 Å². The fourth-order valence-electron chi connectivity index (χ4n) is 5.59. The molecule has 4 heteroatoms. The SMILES string of the molecule is CC=O.CNc1ccc(/C(=C(\CCCO)c2ccccc2)c2ccc(C3CCN(C4CC4)CC3)cc2)cc1. The molecule has 1 heterocycles. The van der Waals surface area contributed by atoms with Crippen molar-refractivity contribution >= 4 is 23.1 Å². The Morgan fingerprint density at radius 2 is 1.45 bits per heavy atom. The van der Waals surface area contributed by atoms with Gasteiger partial charge in [-0.1, -0.05) is 66.7 Å². The highest BCUT2D eigenvalue weighted by atomic mass is 16.2. The van der Waals surface area contributed by atoms with E-state index in [1.807, 2.05) is 7.05 Å². The number of piperidine rings is 1. The Hall–Kier alpha value is -3.21. The van der Waals surface area contributed by atoms with E-state index in [0.29, 0.717) is 5.92 Å². The molecule has 0 radical (unpaired) electrons. The quantitative estimate of drug-likeness (QED) is 0.240. The number of carbonyl (C=O) groups excluding carboxylic acids is 1. The molecule has 1 aliphatic carbocycles. The smallest absolute Gasteiger partial charge is 0.116 e. The second-order valence-electron chi connectivity index (χ2n) is 10.3. The van der Waals surface area contributed by atoms with Crippen LogP contribution >= 0.6 is 0 Å². The van der Waals surface area contributed by atoms with Gasteiger partial charge in [0.1, 0.15) is 6.29 Å². The van der Waals surface area contributed by atoms with Crippen LogP contribution in [0.5, 0.6) is 0 Å². The summed E-state index contributed by atoms with van der Waals surface area (Å²) in [6.45, 7) is 4.14. The monoisotopic (exact) mass is 510 g/mol. The van der Waals surface area contributed by atoms with Crippen LogP contribution in [0.1, 0.15) is 73.6 Å². The van der Waals surface area contributed by atoms with Crippen LogP contribution in [0.15, 0.2) is 78.9 Å². The van der Waals surface area contributed by atoms with Crippen molar-refractivity contribution in [3.05, 3.63) is 101 Å². The summed E-state index contributed by atoms with van der Waals surface area (Å²) >= 11 is 0. The van der Waals surface area contributed by atoms with E-state index in [0.717, 1.165) is 30.9 Å². The Morgan fingerprint density at radius 3 is 1.97 bits per heavy atom. The van der Waals surface area contributed by atoms with Gasteiger partial charge in [-0.05, 0) is 110 Å². The van der Waals surface area contributed by atoms with E-state index in [-0.39, 0.29) is 6.61 Å². The lowest BCUT2D eigenvalue weighted by atomic mass is 9.85. The zero-order valence-electron chi connectivity index (χ0n) is 22.9. The number of hydrogen-bond acceptors (Lipinski definition) is 4. The first kappa shape index (κ1) is 27.8. The normalized spacial score (nSPS) is 16.7. The van der Waals surface area contributed by atoms with E-state index in [1.54, 1.807) is 0 Å². The van der Waals surface area contributed by atoms with Gasteiger partial charge < -0.3 is 20.1 Å². The largest absolute Gasteiger partial charge is 0.396 e. The molecule has 200 valence electrons. The number of aliphatic hydroxyl groups excluding tert-OH is 1. The minimum atomic E-state index is 0.195.